The Labute approximate surface area is 124 Å². The molecule has 1 aromatic rings. The Kier molecular flexibility index (Phi) is 5.75. The van der Waals surface area contributed by atoms with Crippen LogP contribution in [-0.4, -0.2) is 0 Å². The molecule has 0 N–H and O–H groups in total. The van der Waals surface area contributed by atoms with E-state index >= 15 is 0 Å². The maximum atomic E-state index is 2.39. The fraction of sp³-hybridized carbons (Fsp3) is 0.143. The van der Waals surface area contributed by atoms with Gasteiger partial charge in [0, 0.05) is 0 Å². The van der Waals surface area contributed by atoms with Crippen molar-refractivity contribution in [3.05, 3.63) is 65.8 Å². The van der Waals surface area contributed by atoms with Crippen molar-refractivity contribution in [2.75, 3.05) is 0 Å². The van der Waals surface area contributed by atoms with E-state index in [1.165, 1.54) is 5.56 Å². The summed E-state index contributed by atoms with van der Waals surface area (Å²) in [6.07, 6.45) is 13.7. The molecule has 17 heavy (non-hydrogen) atoms. The van der Waals surface area contributed by atoms with Crippen LogP contribution in [0.3, 0.4) is 0 Å². The average Bonchev–Trinajstić information content (AvgIpc) is 2.89. The molecule has 0 saturated carbocycles. The van der Waals surface area contributed by atoms with Gasteiger partial charge in [0.05, 0.1) is 0 Å². The topological polar surface area (TPSA) is 0 Å². The Morgan fingerprint density at radius 3 is 2.35 bits per heavy atom. The van der Waals surface area contributed by atoms with E-state index in [1.54, 1.807) is 5.56 Å². The van der Waals surface area contributed by atoms with Crippen LogP contribution in [0.15, 0.2) is 54.6 Å². The Morgan fingerprint density at radius 1 is 0.882 bits per heavy atom. The minimum Gasteiger partial charge on any atom is -1.00 e. The zero-order chi connectivity index (χ0) is 10.1. The molecule has 1 unspecified atom stereocenters. The van der Waals surface area contributed by atoms with Gasteiger partial charge in [-0.25, -0.2) is 0 Å². The summed E-state index contributed by atoms with van der Waals surface area (Å²) in [7, 11) is 0. The van der Waals surface area contributed by atoms with Crippen molar-refractivity contribution in [3.8, 4) is 0 Å². The third-order valence-corrected chi connectivity index (χ3v) is 5.47. The zero-order valence-corrected chi connectivity index (χ0v) is 12.3. The van der Waals surface area contributed by atoms with Crippen LogP contribution in [0.1, 0.15) is 15.3 Å². The maximum absolute atomic E-state index is 2.39. The predicted octanol–water partition coefficient (Wildman–Crippen LogP) is -2.24. The molecule has 0 nitrogen and oxygen atoms in total. The summed E-state index contributed by atoms with van der Waals surface area (Å²) in [4.78, 5) is 0. The van der Waals surface area contributed by atoms with Gasteiger partial charge in [-0.05, 0) is 0 Å². The van der Waals surface area contributed by atoms with Gasteiger partial charge < -0.3 is 24.8 Å². The summed E-state index contributed by atoms with van der Waals surface area (Å²) in [5.74, 6) is 0. The van der Waals surface area contributed by atoms with E-state index in [4.69, 9.17) is 0 Å². The van der Waals surface area contributed by atoms with Crippen LogP contribution in [0.25, 0.3) is 6.08 Å². The molecule has 0 aromatic heterocycles. The predicted molar refractivity (Wildman–Crippen MR) is 60.2 cm³/mol. The molecular formula is C14H12Cl2Ti. The Hall–Kier alpha value is -0.266. The van der Waals surface area contributed by atoms with Gasteiger partial charge in [0.15, 0.2) is 0 Å². The van der Waals surface area contributed by atoms with Crippen LogP contribution >= 0.6 is 0 Å². The van der Waals surface area contributed by atoms with E-state index in [2.05, 4.69) is 60.7 Å². The smallest absolute Gasteiger partial charge is 1.00 e. The second-order valence-corrected chi connectivity index (χ2v) is 6.46. The number of benzene rings is 1. The first-order chi connectivity index (χ1) is 7.43. The second kappa shape index (κ2) is 6.61. The molecule has 1 atom stereocenters. The van der Waals surface area contributed by atoms with Gasteiger partial charge in [-0.2, -0.15) is 0 Å². The SMILES string of the molecule is C1=C[CH]([Ti+2][CH]2C=Cc3ccccc32)C=C1.[Cl-].[Cl-]. The number of halogens is 2. The number of allylic oxidation sites excluding steroid dienone is 5. The van der Waals surface area contributed by atoms with Crippen molar-refractivity contribution < 1.29 is 44.0 Å². The molecule has 1 aromatic carbocycles. The fourth-order valence-electron chi connectivity index (χ4n) is 2.15. The van der Waals surface area contributed by atoms with Crippen LogP contribution in [0.4, 0.5) is 0 Å². The second-order valence-electron chi connectivity index (χ2n) is 3.93. The van der Waals surface area contributed by atoms with Crippen molar-refractivity contribution in [1.82, 2.24) is 0 Å². The zero-order valence-electron chi connectivity index (χ0n) is 9.18. The summed E-state index contributed by atoms with van der Waals surface area (Å²) in [5, 5.41) is 0. The normalized spacial score (nSPS) is 19.4. The van der Waals surface area contributed by atoms with Crippen LogP contribution in [0, 0.1) is 0 Å². The Morgan fingerprint density at radius 2 is 1.59 bits per heavy atom. The van der Waals surface area contributed by atoms with Crippen molar-refractivity contribution in [1.29, 1.82) is 0 Å². The molecule has 2 aliphatic rings. The van der Waals surface area contributed by atoms with Crippen LogP contribution in [0.2, 0.25) is 4.22 Å². The first-order valence-corrected chi connectivity index (χ1v) is 7.12. The van der Waals surface area contributed by atoms with Gasteiger partial charge in [0.1, 0.15) is 0 Å². The monoisotopic (exact) mass is 298 g/mol. The standard InChI is InChI=1S/C9H7.C5H5.2ClH.Ti/c1-2-5-9-7-3-6-8(9)4-1;1-2-4-5-3-1;;;/h1-7H;1-5H;2*1H;/q;;;;+2/p-2. The summed E-state index contributed by atoms with van der Waals surface area (Å²) in [5.41, 5.74) is 2.98. The molecular weight excluding hydrogens is 287 g/mol. The fourth-order valence-corrected chi connectivity index (χ4v) is 4.50. The van der Waals surface area contributed by atoms with E-state index in [-0.39, 0.29) is 44.0 Å². The van der Waals surface area contributed by atoms with E-state index in [0.717, 1.165) is 8.45 Å². The van der Waals surface area contributed by atoms with Gasteiger partial charge in [0.25, 0.3) is 0 Å². The molecule has 0 radical (unpaired) electrons. The largest absolute Gasteiger partial charge is 1.00 e. The average molecular weight is 299 g/mol. The summed E-state index contributed by atoms with van der Waals surface area (Å²) >= 11 is 0.0265. The number of fused-ring (bicyclic) bond motifs is 1. The molecule has 0 fully saturated rings. The first kappa shape index (κ1) is 14.8. The number of hydrogen-bond acceptors (Lipinski definition) is 0. The van der Waals surface area contributed by atoms with Gasteiger partial charge >= 0.3 is 99.4 Å². The van der Waals surface area contributed by atoms with Gasteiger partial charge in [-0.3, -0.25) is 0 Å². The van der Waals surface area contributed by atoms with Crippen LogP contribution < -0.4 is 24.8 Å². The maximum Gasteiger partial charge on any atom is -1.00 e. The summed E-state index contributed by atoms with van der Waals surface area (Å²) in [6, 6.07) is 8.79. The molecule has 3 rings (SSSR count). The molecule has 3 heteroatoms. The third-order valence-electron chi connectivity index (χ3n) is 2.92. The Balaban J connectivity index is 0.000000722. The van der Waals surface area contributed by atoms with Crippen LogP contribution in [0.5, 0.6) is 0 Å². The molecule has 0 aliphatic heterocycles. The number of rotatable bonds is 2. The first-order valence-electron chi connectivity index (χ1n) is 5.32. The minimum absolute atomic E-state index is 0. The molecule has 2 aliphatic carbocycles. The Bertz CT molecular complexity index is 451. The molecule has 0 heterocycles. The molecule has 0 amide bonds. The molecule has 0 bridgehead atoms. The van der Waals surface area contributed by atoms with Crippen molar-refractivity contribution in [2.24, 2.45) is 0 Å². The van der Waals surface area contributed by atoms with E-state index < -0.39 is 0 Å². The summed E-state index contributed by atoms with van der Waals surface area (Å²) in [6.45, 7) is 0. The van der Waals surface area contributed by atoms with E-state index in [0.29, 0.717) is 0 Å². The van der Waals surface area contributed by atoms with Crippen LogP contribution in [-0.2, 0) is 19.2 Å². The van der Waals surface area contributed by atoms with Crippen molar-refractivity contribution in [2.45, 2.75) is 8.45 Å². The van der Waals surface area contributed by atoms with Gasteiger partial charge in [-0.1, -0.05) is 0 Å². The van der Waals surface area contributed by atoms with Crippen molar-refractivity contribution in [3.63, 3.8) is 0 Å². The third kappa shape index (κ3) is 3.14. The number of hydrogen-bond donors (Lipinski definition) is 0. The molecule has 0 saturated heterocycles. The quantitative estimate of drug-likeness (QED) is 0.542. The van der Waals surface area contributed by atoms with Crippen molar-refractivity contribution >= 4 is 6.08 Å². The molecule has 0 spiro atoms. The molecule has 86 valence electrons. The van der Waals surface area contributed by atoms with E-state index in [1.807, 2.05) is 0 Å². The summed E-state index contributed by atoms with van der Waals surface area (Å²) < 4.78 is 1.49. The van der Waals surface area contributed by atoms with E-state index in [9.17, 15) is 0 Å². The van der Waals surface area contributed by atoms with Gasteiger partial charge in [-0.15, -0.1) is 0 Å². The minimum atomic E-state index is 0. The van der Waals surface area contributed by atoms with Gasteiger partial charge in [0.2, 0.25) is 0 Å².